The molecule has 18 heavy (non-hydrogen) atoms. The zero-order valence-corrected chi connectivity index (χ0v) is 12.1. The fourth-order valence-corrected chi connectivity index (χ4v) is 1.80. The second-order valence-electron chi connectivity index (χ2n) is 4.25. The molecule has 1 aliphatic heterocycles. The summed E-state index contributed by atoms with van der Waals surface area (Å²) in [5.74, 6) is -0.0461. The number of ether oxygens (including phenoxy) is 2. The Labute approximate surface area is 115 Å². The van der Waals surface area contributed by atoms with Crippen LogP contribution in [0.3, 0.4) is 0 Å². The van der Waals surface area contributed by atoms with Crippen LogP contribution in [0.2, 0.25) is 0 Å². The lowest BCUT2D eigenvalue weighted by Gasteiger charge is -2.16. The summed E-state index contributed by atoms with van der Waals surface area (Å²) < 4.78 is 10.5. The maximum absolute atomic E-state index is 11.7. The van der Waals surface area contributed by atoms with E-state index in [0.29, 0.717) is 32.4 Å². The second kappa shape index (κ2) is 10.6. The smallest absolute Gasteiger partial charge is 0.248 e. The Bertz CT molecular complexity index is 223. The van der Waals surface area contributed by atoms with Crippen LogP contribution in [0.1, 0.15) is 26.7 Å². The predicted octanol–water partition coefficient (Wildman–Crippen LogP) is 0.718. The molecule has 2 unspecified atom stereocenters. The Hall–Kier alpha value is -0.360. The fraction of sp³-hybridized carbons (Fsp3) is 0.917. The third-order valence-corrected chi connectivity index (χ3v) is 2.85. The van der Waals surface area contributed by atoms with Crippen molar-refractivity contribution in [2.24, 2.45) is 0 Å². The number of nitrogens with one attached hydrogen (secondary N) is 2. The first-order valence-electron chi connectivity index (χ1n) is 6.44. The monoisotopic (exact) mass is 280 g/mol. The molecular formula is C12H25ClN2O3. The molecule has 108 valence electrons. The molecule has 0 aromatic heterocycles. The van der Waals surface area contributed by atoms with E-state index in [0.717, 1.165) is 13.0 Å². The quantitative estimate of drug-likeness (QED) is 0.643. The van der Waals surface area contributed by atoms with Crippen LogP contribution in [0.4, 0.5) is 0 Å². The van der Waals surface area contributed by atoms with Gasteiger partial charge in [0.1, 0.15) is 6.10 Å². The van der Waals surface area contributed by atoms with E-state index < -0.39 is 6.10 Å². The number of rotatable bonds is 8. The highest BCUT2D eigenvalue weighted by Gasteiger charge is 2.17. The van der Waals surface area contributed by atoms with Crippen molar-refractivity contribution in [1.29, 1.82) is 0 Å². The number of halogens is 1. The SMILES string of the molecule is CCOCCOC(C)C(=O)NCC1CCCN1.Cl. The minimum absolute atomic E-state index is 0. The van der Waals surface area contributed by atoms with E-state index in [4.69, 9.17) is 9.47 Å². The van der Waals surface area contributed by atoms with Gasteiger partial charge in [0.25, 0.3) is 0 Å². The highest BCUT2D eigenvalue weighted by Crippen LogP contribution is 2.03. The molecular weight excluding hydrogens is 256 g/mol. The van der Waals surface area contributed by atoms with E-state index in [2.05, 4.69) is 10.6 Å². The van der Waals surface area contributed by atoms with Crippen LogP contribution >= 0.6 is 12.4 Å². The molecule has 0 aromatic carbocycles. The standard InChI is InChI=1S/C12H24N2O3.ClH/c1-3-16-7-8-17-10(2)12(15)14-9-11-5-4-6-13-11;/h10-11,13H,3-9H2,1-2H3,(H,14,15);1H. The zero-order chi connectivity index (χ0) is 12.5. The molecule has 1 fully saturated rings. The van der Waals surface area contributed by atoms with Crippen LogP contribution in [0.25, 0.3) is 0 Å². The number of hydrogen-bond acceptors (Lipinski definition) is 4. The summed E-state index contributed by atoms with van der Waals surface area (Å²) in [5.41, 5.74) is 0. The molecule has 1 amide bonds. The number of hydrogen-bond donors (Lipinski definition) is 2. The molecule has 2 N–H and O–H groups in total. The molecule has 5 nitrogen and oxygen atoms in total. The van der Waals surface area contributed by atoms with Crippen LogP contribution in [0.15, 0.2) is 0 Å². The first kappa shape index (κ1) is 17.6. The average molecular weight is 281 g/mol. The van der Waals surface area contributed by atoms with Gasteiger partial charge in [-0.2, -0.15) is 0 Å². The lowest BCUT2D eigenvalue weighted by Crippen LogP contribution is -2.42. The van der Waals surface area contributed by atoms with E-state index >= 15 is 0 Å². The molecule has 0 bridgehead atoms. The van der Waals surface area contributed by atoms with Gasteiger partial charge >= 0.3 is 0 Å². The van der Waals surface area contributed by atoms with Gasteiger partial charge in [-0.1, -0.05) is 0 Å². The Balaban J connectivity index is 0.00000289. The lowest BCUT2D eigenvalue weighted by molar-refractivity contribution is -0.132. The molecule has 2 atom stereocenters. The first-order chi connectivity index (χ1) is 8.24. The summed E-state index contributed by atoms with van der Waals surface area (Å²) in [6.07, 6.45) is 1.93. The third kappa shape index (κ3) is 7.16. The van der Waals surface area contributed by atoms with Crippen molar-refractivity contribution in [3.05, 3.63) is 0 Å². The average Bonchev–Trinajstić information content (AvgIpc) is 2.84. The van der Waals surface area contributed by atoms with E-state index in [1.165, 1.54) is 6.42 Å². The maximum Gasteiger partial charge on any atom is 0.248 e. The van der Waals surface area contributed by atoms with Gasteiger partial charge in [0, 0.05) is 19.2 Å². The molecule has 0 spiro atoms. The van der Waals surface area contributed by atoms with E-state index in [1.807, 2.05) is 6.92 Å². The van der Waals surface area contributed by atoms with Crippen molar-refractivity contribution in [2.45, 2.75) is 38.8 Å². The van der Waals surface area contributed by atoms with Gasteiger partial charge in [0.15, 0.2) is 0 Å². The highest BCUT2D eigenvalue weighted by atomic mass is 35.5. The summed E-state index contributed by atoms with van der Waals surface area (Å²) in [6, 6.07) is 0.426. The predicted molar refractivity (Wildman–Crippen MR) is 73.2 cm³/mol. The molecule has 0 aliphatic carbocycles. The topological polar surface area (TPSA) is 59.6 Å². The summed E-state index contributed by atoms with van der Waals surface area (Å²) in [5, 5.41) is 6.23. The van der Waals surface area contributed by atoms with Crippen molar-refractivity contribution in [1.82, 2.24) is 10.6 Å². The van der Waals surface area contributed by atoms with Gasteiger partial charge in [0.2, 0.25) is 5.91 Å². The molecule has 0 radical (unpaired) electrons. The largest absolute Gasteiger partial charge is 0.379 e. The van der Waals surface area contributed by atoms with Crippen LogP contribution in [-0.4, -0.2) is 51.0 Å². The van der Waals surface area contributed by atoms with Crippen molar-refractivity contribution >= 4 is 18.3 Å². The van der Waals surface area contributed by atoms with Gasteiger partial charge < -0.3 is 20.1 Å². The van der Waals surface area contributed by atoms with Gasteiger partial charge in [-0.3, -0.25) is 4.79 Å². The Morgan fingerprint density at radius 3 is 2.89 bits per heavy atom. The maximum atomic E-state index is 11.7. The van der Waals surface area contributed by atoms with Crippen molar-refractivity contribution in [3.63, 3.8) is 0 Å². The zero-order valence-electron chi connectivity index (χ0n) is 11.2. The molecule has 1 rings (SSSR count). The van der Waals surface area contributed by atoms with Crippen LogP contribution < -0.4 is 10.6 Å². The van der Waals surface area contributed by atoms with Crippen molar-refractivity contribution in [2.75, 3.05) is 32.9 Å². The molecule has 1 aliphatic rings. The van der Waals surface area contributed by atoms with Gasteiger partial charge in [0.05, 0.1) is 13.2 Å². The molecule has 1 saturated heterocycles. The summed E-state index contributed by atoms with van der Waals surface area (Å²) >= 11 is 0. The van der Waals surface area contributed by atoms with Crippen molar-refractivity contribution in [3.8, 4) is 0 Å². The minimum atomic E-state index is -0.406. The number of carbonyl (C=O) groups is 1. The molecule has 0 aromatic rings. The summed E-state index contributed by atoms with van der Waals surface area (Å²) in [7, 11) is 0. The van der Waals surface area contributed by atoms with E-state index in [9.17, 15) is 4.79 Å². The first-order valence-corrected chi connectivity index (χ1v) is 6.44. The van der Waals surface area contributed by atoms with E-state index in [-0.39, 0.29) is 18.3 Å². The Kier molecular flexibility index (Phi) is 10.3. The van der Waals surface area contributed by atoms with Crippen LogP contribution in [0, 0.1) is 0 Å². The minimum Gasteiger partial charge on any atom is -0.379 e. The summed E-state index contributed by atoms with van der Waals surface area (Å²) in [6.45, 7) is 7.13. The van der Waals surface area contributed by atoms with Crippen LogP contribution in [0.5, 0.6) is 0 Å². The van der Waals surface area contributed by atoms with Gasteiger partial charge in [-0.25, -0.2) is 0 Å². The molecule has 6 heteroatoms. The Morgan fingerprint density at radius 1 is 1.50 bits per heavy atom. The Morgan fingerprint density at radius 2 is 2.28 bits per heavy atom. The number of carbonyl (C=O) groups excluding carboxylic acids is 1. The van der Waals surface area contributed by atoms with Gasteiger partial charge in [-0.05, 0) is 33.2 Å². The third-order valence-electron chi connectivity index (χ3n) is 2.85. The molecule has 1 heterocycles. The van der Waals surface area contributed by atoms with E-state index in [1.54, 1.807) is 6.92 Å². The van der Waals surface area contributed by atoms with Gasteiger partial charge in [-0.15, -0.1) is 12.4 Å². The number of amides is 1. The fourth-order valence-electron chi connectivity index (χ4n) is 1.80. The lowest BCUT2D eigenvalue weighted by atomic mass is 10.2. The highest BCUT2D eigenvalue weighted by molar-refractivity contribution is 5.85. The second-order valence-corrected chi connectivity index (χ2v) is 4.25. The van der Waals surface area contributed by atoms with Crippen molar-refractivity contribution < 1.29 is 14.3 Å². The normalized spacial score (nSPS) is 20.2. The summed E-state index contributed by atoms with van der Waals surface area (Å²) in [4.78, 5) is 11.7. The van der Waals surface area contributed by atoms with Crippen LogP contribution in [-0.2, 0) is 14.3 Å². The molecule has 0 saturated carbocycles.